The van der Waals surface area contributed by atoms with Gasteiger partial charge in [0.15, 0.2) is 0 Å². The first-order chi connectivity index (χ1) is 10.3. The van der Waals surface area contributed by atoms with Gasteiger partial charge < -0.3 is 9.72 Å². The lowest BCUT2D eigenvalue weighted by Crippen LogP contribution is -2.15. The number of ether oxygens (including phenoxy) is 1. The molecule has 114 valence electrons. The summed E-state index contributed by atoms with van der Waals surface area (Å²) < 4.78 is 44.9. The topological polar surface area (TPSA) is 65.9 Å². The Balaban J connectivity index is 2.91. The molecule has 2 aromatic rings. The first-order valence-corrected chi connectivity index (χ1v) is 6.18. The molecule has 0 unspecified atom stereocenters. The fourth-order valence-corrected chi connectivity index (χ4v) is 2.23. The van der Waals surface area contributed by atoms with Crippen LogP contribution in [0, 0.1) is 18.3 Å². The van der Waals surface area contributed by atoms with Crippen molar-refractivity contribution in [3.63, 3.8) is 0 Å². The Morgan fingerprint density at radius 1 is 1.27 bits per heavy atom. The van der Waals surface area contributed by atoms with Gasteiger partial charge in [-0.25, -0.2) is 0 Å². The fourth-order valence-electron chi connectivity index (χ4n) is 2.23. The molecule has 1 aromatic carbocycles. The standard InChI is InChI=1S/C15H11F3N2O2/c1-8-6-10(11(7-19)14(21)20-8)9-4-3-5-12(22-2)13(9)15(16,17)18/h3-6H,1-2H3,(H,20,21). The Morgan fingerprint density at radius 3 is 2.50 bits per heavy atom. The molecule has 1 heterocycles. The lowest BCUT2D eigenvalue weighted by Gasteiger charge is -2.17. The number of alkyl halides is 3. The summed E-state index contributed by atoms with van der Waals surface area (Å²) in [5.41, 5.74) is -2.10. The summed E-state index contributed by atoms with van der Waals surface area (Å²) in [5, 5.41) is 9.09. The zero-order valence-electron chi connectivity index (χ0n) is 11.7. The van der Waals surface area contributed by atoms with Gasteiger partial charge in [0.05, 0.1) is 7.11 Å². The molecule has 0 saturated heterocycles. The number of aryl methyl sites for hydroxylation is 1. The second-order valence-corrected chi connectivity index (χ2v) is 4.56. The highest BCUT2D eigenvalue weighted by Gasteiger charge is 2.38. The maximum Gasteiger partial charge on any atom is 0.420 e. The SMILES string of the molecule is COc1cccc(-c2cc(C)[nH]c(=O)c2C#N)c1C(F)(F)F. The third kappa shape index (κ3) is 2.68. The van der Waals surface area contributed by atoms with Crippen molar-refractivity contribution < 1.29 is 17.9 Å². The second kappa shape index (κ2) is 5.56. The third-order valence-corrected chi connectivity index (χ3v) is 3.10. The van der Waals surface area contributed by atoms with Crippen LogP contribution >= 0.6 is 0 Å². The number of nitriles is 1. The highest BCUT2D eigenvalue weighted by Crippen LogP contribution is 2.43. The second-order valence-electron chi connectivity index (χ2n) is 4.56. The van der Waals surface area contributed by atoms with E-state index in [4.69, 9.17) is 10.00 Å². The van der Waals surface area contributed by atoms with Crippen LogP contribution in [0.3, 0.4) is 0 Å². The van der Waals surface area contributed by atoms with Gasteiger partial charge in [-0.1, -0.05) is 12.1 Å². The quantitative estimate of drug-likeness (QED) is 0.926. The molecule has 0 aliphatic heterocycles. The van der Waals surface area contributed by atoms with E-state index in [0.29, 0.717) is 5.69 Å². The predicted molar refractivity (Wildman–Crippen MR) is 73.5 cm³/mol. The first kappa shape index (κ1) is 15.6. The van der Waals surface area contributed by atoms with Crippen molar-refractivity contribution >= 4 is 0 Å². The molecule has 4 nitrogen and oxygen atoms in total. The Morgan fingerprint density at radius 2 is 1.95 bits per heavy atom. The maximum atomic E-state index is 13.4. The van der Waals surface area contributed by atoms with Gasteiger partial charge in [0, 0.05) is 11.3 Å². The van der Waals surface area contributed by atoms with E-state index in [1.54, 1.807) is 6.07 Å². The highest BCUT2D eigenvalue weighted by atomic mass is 19.4. The van der Waals surface area contributed by atoms with Crippen molar-refractivity contribution in [2.24, 2.45) is 0 Å². The summed E-state index contributed by atoms with van der Waals surface area (Å²) in [6.07, 6.45) is -4.69. The number of rotatable bonds is 2. The van der Waals surface area contributed by atoms with Gasteiger partial charge in [0.1, 0.15) is 22.9 Å². The molecule has 0 radical (unpaired) electrons. The summed E-state index contributed by atoms with van der Waals surface area (Å²) in [5.74, 6) is -0.369. The lowest BCUT2D eigenvalue weighted by atomic mass is 9.95. The number of H-pyrrole nitrogens is 1. The monoisotopic (exact) mass is 308 g/mol. The molecule has 1 N–H and O–H groups in total. The zero-order chi connectivity index (χ0) is 16.5. The van der Waals surface area contributed by atoms with Crippen LogP contribution in [0.5, 0.6) is 5.75 Å². The Hall–Kier alpha value is -2.75. The van der Waals surface area contributed by atoms with Crippen molar-refractivity contribution in [2.75, 3.05) is 7.11 Å². The smallest absolute Gasteiger partial charge is 0.420 e. The number of hydrogen-bond acceptors (Lipinski definition) is 3. The van der Waals surface area contributed by atoms with Crippen molar-refractivity contribution in [1.29, 1.82) is 5.26 Å². The number of hydrogen-bond donors (Lipinski definition) is 1. The molecule has 0 bridgehead atoms. The van der Waals surface area contributed by atoms with E-state index in [1.165, 1.54) is 31.2 Å². The van der Waals surface area contributed by atoms with Crippen LogP contribution < -0.4 is 10.3 Å². The van der Waals surface area contributed by atoms with Crippen molar-refractivity contribution in [3.8, 4) is 22.9 Å². The number of benzene rings is 1. The van der Waals surface area contributed by atoms with Crippen LogP contribution in [0.2, 0.25) is 0 Å². The highest BCUT2D eigenvalue weighted by molar-refractivity contribution is 5.75. The van der Waals surface area contributed by atoms with Gasteiger partial charge in [0.2, 0.25) is 0 Å². The summed E-state index contributed by atoms with van der Waals surface area (Å²) >= 11 is 0. The number of pyridine rings is 1. The van der Waals surface area contributed by atoms with E-state index in [-0.39, 0.29) is 22.4 Å². The van der Waals surface area contributed by atoms with Gasteiger partial charge in [-0.15, -0.1) is 0 Å². The normalized spacial score (nSPS) is 11.1. The van der Waals surface area contributed by atoms with Crippen LogP contribution in [-0.4, -0.2) is 12.1 Å². The average molecular weight is 308 g/mol. The molecule has 0 saturated carbocycles. The molecule has 0 spiro atoms. The van der Waals surface area contributed by atoms with E-state index in [0.717, 1.165) is 7.11 Å². The summed E-state index contributed by atoms with van der Waals surface area (Å²) in [6.45, 7) is 1.53. The molecule has 7 heteroatoms. The maximum absolute atomic E-state index is 13.4. The van der Waals surface area contributed by atoms with Crippen LogP contribution in [-0.2, 0) is 6.18 Å². The van der Waals surface area contributed by atoms with Crippen LogP contribution in [0.25, 0.3) is 11.1 Å². The number of methoxy groups -OCH3 is 1. The lowest BCUT2D eigenvalue weighted by molar-refractivity contribution is -0.138. The molecular formula is C15H11F3N2O2. The van der Waals surface area contributed by atoms with Gasteiger partial charge >= 0.3 is 6.18 Å². The summed E-state index contributed by atoms with van der Waals surface area (Å²) in [7, 11) is 1.13. The summed E-state index contributed by atoms with van der Waals surface area (Å²) in [6, 6.07) is 6.75. The minimum atomic E-state index is -4.69. The molecule has 0 atom stereocenters. The first-order valence-electron chi connectivity index (χ1n) is 6.18. The Kier molecular flexibility index (Phi) is 3.95. The minimum absolute atomic E-state index is 0.0741. The van der Waals surface area contributed by atoms with Gasteiger partial charge in [-0.3, -0.25) is 4.79 Å². The van der Waals surface area contributed by atoms with Gasteiger partial charge in [0.25, 0.3) is 5.56 Å². The number of nitrogens with one attached hydrogen (secondary N) is 1. The van der Waals surface area contributed by atoms with Gasteiger partial charge in [-0.2, -0.15) is 18.4 Å². The number of halogens is 3. The molecule has 22 heavy (non-hydrogen) atoms. The number of aromatic amines is 1. The van der Waals surface area contributed by atoms with E-state index in [9.17, 15) is 18.0 Å². The number of aromatic nitrogens is 1. The fraction of sp³-hybridized carbons (Fsp3) is 0.200. The van der Waals surface area contributed by atoms with Crippen molar-refractivity contribution in [3.05, 3.63) is 51.4 Å². The van der Waals surface area contributed by atoms with Crippen LogP contribution in [0.15, 0.2) is 29.1 Å². The van der Waals surface area contributed by atoms with Crippen LogP contribution in [0.1, 0.15) is 16.8 Å². The van der Waals surface area contributed by atoms with Crippen molar-refractivity contribution in [2.45, 2.75) is 13.1 Å². The minimum Gasteiger partial charge on any atom is -0.496 e. The molecule has 0 aliphatic rings. The molecule has 0 aliphatic carbocycles. The van der Waals surface area contributed by atoms with Crippen LogP contribution in [0.4, 0.5) is 13.2 Å². The van der Waals surface area contributed by atoms with Gasteiger partial charge in [-0.05, 0) is 24.6 Å². The zero-order valence-corrected chi connectivity index (χ0v) is 11.7. The summed E-state index contributed by atoms with van der Waals surface area (Å²) in [4.78, 5) is 14.2. The Bertz CT molecular complexity index is 817. The Labute approximate surface area is 123 Å². The molecular weight excluding hydrogens is 297 g/mol. The van der Waals surface area contributed by atoms with Crippen molar-refractivity contribution in [1.82, 2.24) is 4.98 Å². The van der Waals surface area contributed by atoms with E-state index < -0.39 is 17.3 Å². The van der Waals surface area contributed by atoms with E-state index >= 15 is 0 Å². The molecule has 1 aromatic heterocycles. The number of nitrogens with zero attached hydrogens (tertiary/aromatic N) is 1. The van der Waals surface area contributed by atoms with E-state index in [1.807, 2.05) is 0 Å². The molecule has 0 fully saturated rings. The molecule has 0 amide bonds. The third-order valence-electron chi connectivity index (χ3n) is 3.10. The predicted octanol–water partition coefficient (Wildman–Crippen LogP) is 3.25. The average Bonchev–Trinajstić information content (AvgIpc) is 2.44. The largest absolute Gasteiger partial charge is 0.496 e. The molecule has 2 rings (SSSR count). The van der Waals surface area contributed by atoms with E-state index in [2.05, 4.69) is 4.98 Å².